The molecular weight excluding hydrogens is 268 g/mol. The summed E-state index contributed by atoms with van der Waals surface area (Å²) in [6.45, 7) is 2.08. The standard InChI is InChI=1S/C16H18N2O3/c1-2-21-16(20)10-14(17)12-8-9-15(19)18(11-12)13-6-4-3-5-7-13/h3-9,11,14H,2,10,17H2,1H3. The molecule has 1 atom stereocenters. The molecule has 0 spiro atoms. The maximum absolute atomic E-state index is 11.9. The van der Waals surface area contributed by atoms with Crippen LogP contribution < -0.4 is 11.3 Å². The molecule has 0 radical (unpaired) electrons. The molecule has 2 aromatic rings. The first-order valence-electron chi connectivity index (χ1n) is 6.81. The number of para-hydroxylation sites is 1. The van der Waals surface area contributed by atoms with Crippen molar-refractivity contribution in [2.75, 3.05) is 6.61 Å². The van der Waals surface area contributed by atoms with E-state index in [-0.39, 0.29) is 17.9 Å². The van der Waals surface area contributed by atoms with Gasteiger partial charge in [-0.1, -0.05) is 24.3 Å². The summed E-state index contributed by atoms with van der Waals surface area (Å²) < 4.78 is 6.40. The minimum atomic E-state index is -0.500. The van der Waals surface area contributed by atoms with E-state index in [0.717, 1.165) is 5.69 Å². The highest BCUT2D eigenvalue weighted by Gasteiger charge is 2.13. The molecule has 1 aromatic carbocycles. The van der Waals surface area contributed by atoms with Crippen molar-refractivity contribution in [2.45, 2.75) is 19.4 Å². The summed E-state index contributed by atoms with van der Waals surface area (Å²) in [7, 11) is 0. The van der Waals surface area contributed by atoms with Gasteiger partial charge in [0.25, 0.3) is 5.56 Å². The predicted molar refractivity (Wildman–Crippen MR) is 80.2 cm³/mol. The molecule has 0 saturated carbocycles. The van der Waals surface area contributed by atoms with Gasteiger partial charge in [0.15, 0.2) is 0 Å². The highest BCUT2D eigenvalue weighted by Crippen LogP contribution is 2.15. The molecule has 1 heterocycles. The number of nitrogens with zero attached hydrogens (tertiary/aromatic N) is 1. The molecule has 2 N–H and O–H groups in total. The van der Waals surface area contributed by atoms with Crippen molar-refractivity contribution in [1.29, 1.82) is 0 Å². The number of pyridine rings is 1. The number of hydrogen-bond donors (Lipinski definition) is 1. The van der Waals surface area contributed by atoms with Crippen LogP contribution in [0.2, 0.25) is 0 Å². The van der Waals surface area contributed by atoms with E-state index >= 15 is 0 Å². The normalized spacial score (nSPS) is 11.9. The van der Waals surface area contributed by atoms with Crippen LogP contribution in [0.3, 0.4) is 0 Å². The van der Waals surface area contributed by atoms with Crippen LogP contribution >= 0.6 is 0 Å². The third-order valence-corrected chi connectivity index (χ3v) is 3.09. The van der Waals surface area contributed by atoms with Gasteiger partial charge >= 0.3 is 5.97 Å². The summed E-state index contributed by atoms with van der Waals surface area (Å²) in [6.07, 6.45) is 1.75. The molecule has 0 aliphatic rings. The Hall–Kier alpha value is -2.40. The quantitative estimate of drug-likeness (QED) is 0.850. The second-order valence-electron chi connectivity index (χ2n) is 4.62. The Morgan fingerprint density at radius 2 is 1.95 bits per heavy atom. The third kappa shape index (κ3) is 3.79. The van der Waals surface area contributed by atoms with Crippen LogP contribution in [0.5, 0.6) is 0 Å². The van der Waals surface area contributed by atoms with E-state index < -0.39 is 6.04 Å². The number of nitrogens with two attached hydrogens (primary N) is 1. The first-order valence-corrected chi connectivity index (χ1v) is 6.81. The average Bonchev–Trinajstić information content (AvgIpc) is 2.48. The molecule has 0 aliphatic heterocycles. The second-order valence-corrected chi connectivity index (χ2v) is 4.62. The summed E-state index contributed by atoms with van der Waals surface area (Å²) in [4.78, 5) is 23.4. The third-order valence-electron chi connectivity index (χ3n) is 3.09. The Bertz CT molecular complexity index is 665. The lowest BCUT2D eigenvalue weighted by atomic mass is 10.1. The highest BCUT2D eigenvalue weighted by atomic mass is 16.5. The van der Waals surface area contributed by atoms with Crippen LogP contribution in [0.25, 0.3) is 5.69 Å². The van der Waals surface area contributed by atoms with Crippen molar-refractivity contribution >= 4 is 5.97 Å². The van der Waals surface area contributed by atoms with Gasteiger partial charge in [0.1, 0.15) is 0 Å². The number of aromatic nitrogens is 1. The van der Waals surface area contributed by atoms with Crippen LogP contribution in [0.1, 0.15) is 24.9 Å². The van der Waals surface area contributed by atoms with Crippen molar-refractivity contribution in [2.24, 2.45) is 5.73 Å². The van der Waals surface area contributed by atoms with Crippen LogP contribution in [0.4, 0.5) is 0 Å². The van der Waals surface area contributed by atoms with E-state index in [1.54, 1.807) is 19.2 Å². The van der Waals surface area contributed by atoms with E-state index in [2.05, 4.69) is 0 Å². The Balaban J connectivity index is 2.27. The Kier molecular flexibility index (Phi) is 4.90. The maximum Gasteiger partial charge on any atom is 0.307 e. The first kappa shape index (κ1) is 15.0. The van der Waals surface area contributed by atoms with Gasteiger partial charge in [-0.15, -0.1) is 0 Å². The van der Waals surface area contributed by atoms with Crippen molar-refractivity contribution in [1.82, 2.24) is 4.57 Å². The van der Waals surface area contributed by atoms with Crippen molar-refractivity contribution in [3.63, 3.8) is 0 Å². The lowest BCUT2D eigenvalue weighted by molar-refractivity contribution is -0.143. The predicted octanol–water partition coefficient (Wildman–Crippen LogP) is 1.79. The number of benzene rings is 1. The monoisotopic (exact) mass is 286 g/mol. The molecule has 1 aromatic heterocycles. The number of rotatable bonds is 5. The molecule has 0 fully saturated rings. The summed E-state index contributed by atoms with van der Waals surface area (Å²) in [5.74, 6) is -0.345. The number of ether oxygens (including phenoxy) is 1. The first-order chi connectivity index (χ1) is 10.1. The minimum absolute atomic E-state index is 0.0842. The Morgan fingerprint density at radius 1 is 1.24 bits per heavy atom. The van der Waals surface area contributed by atoms with Crippen LogP contribution in [-0.4, -0.2) is 17.1 Å². The van der Waals surface area contributed by atoms with Crippen molar-refractivity contribution in [3.8, 4) is 5.69 Å². The number of hydrogen-bond acceptors (Lipinski definition) is 4. The topological polar surface area (TPSA) is 74.3 Å². The van der Waals surface area contributed by atoms with Gasteiger partial charge in [-0.2, -0.15) is 0 Å². The maximum atomic E-state index is 11.9. The molecule has 21 heavy (non-hydrogen) atoms. The lowest BCUT2D eigenvalue weighted by Gasteiger charge is -2.13. The molecule has 5 heteroatoms. The fourth-order valence-corrected chi connectivity index (χ4v) is 2.03. The van der Waals surface area contributed by atoms with Crippen LogP contribution in [0, 0.1) is 0 Å². The van der Waals surface area contributed by atoms with Crippen molar-refractivity contribution < 1.29 is 9.53 Å². The zero-order valence-electron chi connectivity index (χ0n) is 11.9. The highest BCUT2D eigenvalue weighted by molar-refractivity contribution is 5.70. The zero-order valence-corrected chi connectivity index (χ0v) is 11.9. The molecule has 2 rings (SSSR count). The van der Waals surface area contributed by atoms with E-state index in [1.165, 1.54) is 10.6 Å². The van der Waals surface area contributed by atoms with E-state index in [0.29, 0.717) is 12.2 Å². The zero-order chi connectivity index (χ0) is 15.2. The Morgan fingerprint density at radius 3 is 2.62 bits per heavy atom. The van der Waals surface area contributed by atoms with Gasteiger partial charge in [-0.3, -0.25) is 14.2 Å². The van der Waals surface area contributed by atoms with Crippen LogP contribution in [0.15, 0.2) is 53.5 Å². The Labute approximate surface area is 123 Å². The number of carbonyl (C=O) groups is 1. The van der Waals surface area contributed by atoms with Gasteiger partial charge in [-0.25, -0.2) is 0 Å². The van der Waals surface area contributed by atoms with Gasteiger partial charge in [0.05, 0.1) is 13.0 Å². The molecule has 0 aliphatic carbocycles. The smallest absolute Gasteiger partial charge is 0.307 e. The number of esters is 1. The molecule has 5 nitrogen and oxygen atoms in total. The molecule has 1 unspecified atom stereocenters. The molecule has 0 saturated heterocycles. The van der Waals surface area contributed by atoms with Crippen molar-refractivity contribution in [3.05, 3.63) is 64.6 Å². The van der Waals surface area contributed by atoms with Gasteiger partial charge in [-0.05, 0) is 24.6 Å². The summed E-state index contributed by atoms with van der Waals surface area (Å²) >= 11 is 0. The van der Waals surface area contributed by atoms with Gasteiger partial charge in [0, 0.05) is 24.0 Å². The fraction of sp³-hybridized carbons (Fsp3) is 0.250. The lowest BCUT2D eigenvalue weighted by Crippen LogP contribution is -2.22. The van der Waals surface area contributed by atoms with E-state index in [1.807, 2.05) is 30.3 Å². The van der Waals surface area contributed by atoms with Crippen LogP contribution in [-0.2, 0) is 9.53 Å². The summed E-state index contributed by atoms with van der Waals surface area (Å²) in [5, 5.41) is 0. The minimum Gasteiger partial charge on any atom is -0.466 e. The van der Waals surface area contributed by atoms with E-state index in [9.17, 15) is 9.59 Å². The fourth-order valence-electron chi connectivity index (χ4n) is 2.03. The van der Waals surface area contributed by atoms with E-state index in [4.69, 9.17) is 10.5 Å². The summed E-state index contributed by atoms with van der Waals surface area (Å²) in [5.41, 5.74) is 7.33. The average molecular weight is 286 g/mol. The molecule has 110 valence electrons. The molecular formula is C16H18N2O3. The molecule has 0 bridgehead atoms. The largest absolute Gasteiger partial charge is 0.466 e. The second kappa shape index (κ2) is 6.85. The van der Waals surface area contributed by atoms with Gasteiger partial charge < -0.3 is 10.5 Å². The number of carbonyl (C=O) groups excluding carboxylic acids is 1. The molecule has 0 amide bonds. The summed E-state index contributed by atoms with van der Waals surface area (Å²) in [6, 6.07) is 11.9. The SMILES string of the molecule is CCOC(=O)CC(N)c1ccc(=O)n(-c2ccccc2)c1. The van der Waals surface area contributed by atoms with Gasteiger partial charge in [0.2, 0.25) is 0 Å².